The summed E-state index contributed by atoms with van der Waals surface area (Å²) in [7, 11) is 2.86. The molecule has 3 aromatic rings. The quantitative estimate of drug-likeness (QED) is 0.580. The van der Waals surface area contributed by atoms with Crippen LogP contribution < -0.4 is 20.9 Å². The first-order valence-electron chi connectivity index (χ1n) is 9.69. The molecule has 0 saturated carbocycles. The Balaban J connectivity index is 1.81. The van der Waals surface area contributed by atoms with Crippen molar-refractivity contribution in [2.45, 2.75) is 19.1 Å². The highest BCUT2D eigenvalue weighted by molar-refractivity contribution is 5.97. The van der Waals surface area contributed by atoms with Gasteiger partial charge in [0.05, 0.1) is 30.0 Å². The number of alkyl halides is 3. The minimum Gasteiger partial charge on any atom is -0.491 e. The van der Waals surface area contributed by atoms with Crippen LogP contribution in [0.3, 0.4) is 0 Å². The summed E-state index contributed by atoms with van der Waals surface area (Å²) in [5, 5.41) is 5.58. The van der Waals surface area contributed by atoms with Gasteiger partial charge in [0.25, 0.3) is 11.5 Å². The molecule has 0 bridgehead atoms. The van der Waals surface area contributed by atoms with Gasteiger partial charge < -0.3 is 19.9 Å². The number of hydrogen-bond donors (Lipinski definition) is 2. The third-order valence-corrected chi connectivity index (χ3v) is 4.92. The monoisotopic (exact) mass is 445 g/mol. The number of hydrogen-bond acceptors (Lipinski definition) is 4. The van der Waals surface area contributed by atoms with E-state index >= 15 is 0 Å². The summed E-state index contributed by atoms with van der Waals surface area (Å²) < 4.78 is 46.2. The lowest BCUT2D eigenvalue weighted by Crippen LogP contribution is -2.29. The molecule has 0 spiro atoms. The second-order valence-electron chi connectivity index (χ2n) is 7.17. The SMILES string of the molecule is COc1c(C(=O)NC(C)c2cccc(Nc3ccccc3C(F)(F)F)c2)ccn(C)c1=O. The van der Waals surface area contributed by atoms with E-state index < -0.39 is 29.2 Å². The fourth-order valence-electron chi connectivity index (χ4n) is 3.22. The molecule has 168 valence electrons. The van der Waals surface area contributed by atoms with Crippen molar-refractivity contribution < 1.29 is 22.7 Å². The fourth-order valence-corrected chi connectivity index (χ4v) is 3.22. The molecular formula is C23H22F3N3O3. The van der Waals surface area contributed by atoms with Crippen molar-refractivity contribution in [1.29, 1.82) is 0 Å². The Hall–Kier alpha value is -3.75. The molecule has 0 aliphatic rings. The molecule has 6 nitrogen and oxygen atoms in total. The average molecular weight is 445 g/mol. The zero-order valence-electron chi connectivity index (χ0n) is 17.7. The molecule has 0 saturated heterocycles. The average Bonchev–Trinajstić information content (AvgIpc) is 2.75. The van der Waals surface area contributed by atoms with Crippen LogP contribution in [0, 0.1) is 0 Å². The molecule has 0 aliphatic heterocycles. The summed E-state index contributed by atoms with van der Waals surface area (Å²) in [4.78, 5) is 24.9. The van der Waals surface area contributed by atoms with E-state index in [2.05, 4.69) is 10.6 Å². The van der Waals surface area contributed by atoms with Gasteiger partial charge in [-0.3, -0.25) is 9.59 Å². The molecule has 3 rings (SSSR count). The summed E-state index contributed by atoms with van der Waals surface area (Å²) >= 11 is 0. The number of methoxy groups -OCH3 is 1. The molecule has 1 unspecified atom stereocenters. The lowest BCUT2D eigenvalue weighted by molar-refractivity contribution is -0.136. The van der Waals surface area contributed by atoms with Crippen LogP contribution in [0.5, 0.6) is 5.75 Å². The summed E-state index contributed by atoms with van der Waals surface area (Å²) in [5.74, 6) is -0.577. The Morgan fingerprint density at radius 1 is 1.09 bits per heavy atom. The number of nitrogens with zero attached hydrogens (tertiary/aromatic N) is 1. The number of halogens is 3. The number of carbonyl (C=O) groups is 1. The fraction of sp³-hybridized carbons (Fsp3) is 0.217. The minimum absolute atomic E-state index is 0.0705. The lowest BCUT2D eigenvalue weighted by atomic mass is 10.1. The highest BCUT2D eigenvalue weighted by Crippen LogP contribution is 2.36. The van der Waals surface area contributed by atoms with Crippen molar-refractivity contribution in [2.24, 2.45) is 7.05 Å². The van der Waals surface area contributed by atoms with E-state index in [0.717, 1.165) is 6.07 Å². The molecule has 1 atom stereocenters. The van der Waals surface area contributed by atoms with Crippen LogP contribution in [0.4, 0.5) is 24.5 Å². The smallest absolute Gasteiger partial charge is 0.418 e. The van der Waals surface area contributed by atoms with Gasteiger partial charge in [-0.2, -0.15) is 13.2 Å². The van der Waals surface area contributed by atoms with Crippen molar-refractivity contribution in [3.8, 4) is 5.75 Å². The van der Waals surface area contributed by atoms with Gasteiger partial charge in [0, 0.05) is 18.9 Å². The maximum Gasteiger partial charge on any atom is 0.418 e. The van der Waals surface area contributed by atoms with E-state index in [4.69, 9.17) is 4.74 Å². The first-order valence-corrected chi connectivity index (χ1v) is 9.69. The maximum absolute atomic E-state index is 13.3. The largest absolute Gasteiger partial charge is 0.491 e. The van der Waals surface area contributed by atoms with Crippen molar-refractivity contribution in [1.82, 2.24) is 9.88 Å². The molecule has 9 heteroatoms. The molecule has 1 amide bonds. The molecule has 0 fully saturated rings. The number of anilines is 2. The standard InChI is InChI=1S/C23H22F3N3O3/c1-14(27-21(30)17-11-12-29(2)22(31)20(17)32-3)15-7-6-8-16(13-15)28-19-10-5-4-9-18(19)23(24,25)26/h4-14,28H,1-3H3,(H,27,30). The first kappa shape index (κ1) is 22.9. The van der Waals surface area contributed by atoms with E-state index in [1.165, 1.54) is 42.1 Å². The number of para-hydroxylation sites is 1. The van der Waals surface area contributed by atoms with Gasteiger partial charge in [-0.1, -0.05) is 24.3 Å². The van der Waals surface area contributed by atoms with E-state index in [9.17, 15) is 22.8 Å². The Bertz CT molecular complexity index is 1190. The van der Waals surface area contributed by atoms with Gasteiger partial charge in [0.1, 0.15) is 0 Å². The topological polar surface area (TPSA) is 72.4 Å². The summed E-state index contributed by atoms with van der Waals surface area (Å²) in [6.07, 6.45) is -3.03. The molecular weight excluding hydrogens is 423 g/mol. The lowest BCUT2D eigenvalue weighted by Gasteiger charge is -2.18. The Morgan fingerprint density at radius 2 is 1.81 bits per heavy atom. The highest BCUT2D eigenvalue weighted by atomic mass is 19.4. The van der Waals surface area contributed by atoms with Crippen molar-refractivity contribution in [3.63, 3.8) is 0 Å². The number of ether oxygens (including phenoxy) is 1. The van der Waals surface area contributed by atoms with Crippen LogP contribution in [0.1, 0.15) is 34.5 Å². The van der Waals surface area contributed by atoms with Crippen molar-refractivity contribution in [3.05, 3.63) is 87.8 Å². The number of amides is 1. The van der Waals surface area contributed by atoms with Gasteiger partial charge in [-0.15, -0.1) is 0 Å². The van der Waals surface area contributed by atoms with Crippen LogP contribution in [0.25, 0.3) is 0 Å². The van der Waals surface area contributed by atoms with Crippen LogP contribution in [0.15, 0.2) is 65.6 Å². The normalized spacial score (nSPS) is 12.2. The summed E-state index contributed by atoms with van der Waals surface area (Å²) in [6.45, 7) is 1.73. The third kappa shape index (κ3) is 4.93. The van der Waals surface area contributed by atoms with Gasteiger partial charge in [-0.25, -0.2) is 0 Å². The van der Waals surface area contributed by atoms with Gasteiger partial charge in [-0.05, 0) is 42.8 Å². The van der Waals surface area contributed by atoms with E-state index in [1.807, 2.05) is 0 Å². The Morgan fingerprint density at radius 3 is 2.50 bits per heavy atom. The summed E-state index contributed by atoms with van der Waals surface area (Å²) in [6, 6.07) is 12.9. The number of rotatable bonds is 6. The molecule has 0 radical (unpaired) electrons. The zero-order chi connectivity index (χ0) is 23.5. The number of pyridine rings is 1. The van der Waals surface area contributed by atoms with Crippen LogP contribution in [-0.2, 0) is 13.2 Å². The van der Waals surface area contributed by atoms with Gasteiger partial charge >= 0.3 is 6.18 Å². The van der Waals surface area contributed by atoms with Crippen LogP contribution in [-0.4, -0.2) is 17.6 Å². The zero-order valence-corrected chi connectivity index (χ0v) is 17.7. The number of aryl methyl sites for hydroxylation is 1. The maximum atomic E-state index is 13.3. The predicted octanol–water partition coefficient (Wildman–Crippen LogP) is 4.65. The Labute approximate surface area is 182 Å². The van der Waals surface area contributed by atoms with E-state index in [1.54, 1.807) is 38.2 Å². The molecule has 32 heavy (non-hydrogen) atoms. The van der Waals surface area contributed by atoms with E-state index in [0.29, 0.717) is 11.3 Å². The molecule has 1 heterocycles. The molecule has 1 aromatic heterocycles. The van der Waals surface area contributed by atoms with Crippen LogP contribution >= 0.6 is 0 Å². The second-order valence-corrected chi connectivity index (χ2v) is 7.17. The highest BCUT2D eigenvalue weighted by Gasteiger charge is 2.33. The Kier molecular flexibility index (Phi) is 6.57. The van der Waals surface area contributed by atoms with E-state index in [-0.39, 0.29) is 17.0 Å². The number of benzene rings is 2. The summed E-state index contributed by atoms with van der Waals surface area (Å²) in [5.41, 5.74) is -0.0940. The number of carbonyl (C=O) groups excluding carboxylic acids is 1. The van der Waals surface area contributed by atoms with Gasteiger partial charge in [0.15, 0.2) is 5.75 Å². The van der Waals surface area contributed by atoms with Gasteiger partial charge in [0.2, 0.25) is 0 Å². The molecule has 2 aromatic carbocycles. The van der Waals surface area contributed by atoms with Crippen molar-refractivity contribution in [2.75, 3.05) is 12.4 Å². The number of aromatic nitrogens is 1. The van der Waals surface area contributed by atoms with Crippen molar-refractivity contribution >= 4 is 17.3 Å². The second kappa shape index (κ2) is 9.17. The van der Waals surface area contributed by atoms with Crippen LogP contribution in [0.2, 0.25) is 0 Å². The first-order chi connectivity index (χ1) is 15.1. The third-order valence-electron chi connectivity index (χ3n) is 4.92. The number of nitrogens with one attached hydrogen (secondary N) is 2. The molecule has 0 aliphatic carbocycles. The minimum atomic E-state index is -4.49. The predicted molar refractivity (Wildman–Crippen MR) is 115 cm³/mol. The molecule has 2 N–H and O–H groups in total.